The second-order valence-corrected chi connectivity index (χ2v) is 11.7. The Labute approximate surface area is 238 Å². The van der Waals surface area contributed by atoms with Crippen LogP contribution in [0.1, 0.15) is 187 Å². The molecule has 1 aliphatic rings. The minimum absolute atomic E-state index is 0.118. The Morgan fingerprint density at radius 1 is 0.553 bits per heavy atom. The molecule has 2 nitrogen and oxygen atoms in total. The summed E-state index contributed by atoms with van der Waals surface area (Å²) in [5.74, 6) is 0.415. The van der Waals surface area contributed by atoms with E-state index in [1.54, 1.807) is 0 Å². The smallest absolute Gasteiger partial charge is 0.326 e. The summed E-state index contributed by atoms with van der Waals surface area (Å²) >= 11 is 0. The van der Waals surface area contributed by atoms with Crippen molar-refractivity contribution in [3.05, 3.63) is 29.7 Å². The molecular weight excluding hydrogens is 464 g/mol. The highest BCUT2D eigenvalue weighted by Crippen LogP contribution is 2.27. The van der Waals surface area contributed by atoms with Crippen molar-refractivity contribution in [1.82, 2.24) is 0 Å². The van der Waals surface area contributed by atoms with Gasteiger partial charge in [0.25, 0.3) is 0 Å². The van der Waals surface area contributed by atoms with Gasteiger partial charge in [0.05, 0.1) is 0 Å². The van der Waals surface area contributed by atoms with Crippen molar-refractivity contribution >= 4 is 5.97 Å². The Balaban J connectivity index is 1.94. The summed E-state index contributed by atoms with van der Waals surface area (Å²) in [7, 11) is 0. The zero-order valence-corrected chi connectivity index (χ0v) is 25.7. The maximum Gasteiger partial charge on any atom is 0.326 e. The number of carbonyl (C=O) groups is 1. The van der Waals surface area contributed by atoms with Gasteiger partial charge in [-0.15, -0.1) is 0 Å². The van der Waals surface area contributed by atoms with Crippen LogP contribution >= 0.6 is 0 Å². The zero-order chi connectivity index (χ0) is 27.4. The van der Waals surface area contributed by atoms with Gasteiger partial charge >= 0.3 is 5.97 Å². The van der Waals surface area contributed by atoms with Crippen LogP contribution in [0.25, 0.3) is 0 Å². The van der Waals surface area contributed by atoms with Crippen LogP contribution in [-0.4, -0.2) is 5.97 Å². The number of carbonyl (C=O) groups excluding carboxylic acids is 1. The molecule has 2 heteroatoms. The first kappa shape index (κ1) is 34.8. The van der Waals surface area contributed by atoms with Gasteiger partial charge < -0.3 is 4.74 Å². The average Bonchev–Trinajstić information content (AvgIpc) is 2.92. The molecular formula is C36H64O2. The number of esters is 1. The molecule has 0 aliphatic carbocycles. The van der Waals surface area contributed by atoms with Gasteiger partial charge in [-0.1, -0.05) is 179 Å². The van der Waals surface area contributed by atoms with E-state index in [1.807, 2.05) is 6.08 Å². The monoisotopic (exact) mass is 528 g/mol. The van der Waals surface area contributed by atoms with Crippen molar-refractivity contribution in [2.75, 3.05) is 0 Å². The number of ether oxygens (including phenoxy) is 1. The predicted octanol–water partition coefficient (Wildman–Crippen LogP) is 12.3. The van der Waals surface area contributed by atoms with Gasteiger partial charge in [0, 0.05) is 0 Å². The first-order chi connectivity index (χ1) is 18.8. The van der Waals surface area contributed by atoms with E-state index in [-0.39, 0.29) is 11.9 Å². The van der Waals surface area contributed by atoms with E-state index in [2.05, 4.69) is 31.7 Å². The molecule has 1 unspecified atom stereocenters. The molecule has 220 valence electrons. The molecule has 0 radical (unpaired) electrons. The average molecular weight is 529 g/mol. The summed E-state index contributed by atoms with van der Waals surface area (Å²) in [6, 6.07) is 0. The van der Waals surface area contributed by atoms with E-state index in [4.69, 9.17) is 4.74 Å². The fraction of sp³-hybridized carbons (Fsp3) is 0.833. The molecule has 0 N–H and O–H groups in total. The summed E-state index contributed by atoms with van der Waals surface area (Å²) < 4.78 is 5.22. The van der Waals surface area contributed by atoms with Gasteiger partial charge in [-0.2, -0.15) is 0 Å². The van der Waals surface area contributed by atoms with Crippen LogP contribution in [0, 0.1) is 5.92 Å². The summed E-state index contributed by atoms with van der Waals surface area (Å²) in [5, 5.41) is 0. The van der Waals surface area contributed by atoms with Crippen LogP contribution in [0.2, 0.25) is 0 Å². The lowest BCUT2D eigenvalue weighted by atomic mass is 10.0. The molecule has 1 fully saturated rings. The van der Waals surface area contributed by atoms with Gasteiger partial charge in [0.15, 0.2) is 5.76 Å². The number of unbranched alkanes of at least 4 members (excludes halogenated alkanes) is 25. The van der Waals surface area contributed by atoms with Gasteiger partial charge in [0.2, 0.25) is 0 Å². The Bertz CT molecular complexity index is 625. The number of allylic oxidation sites excluding steroid dienone is 1. The lowest BCUT2D eigenvalue weighted by Gasteiger charge is -2.23. The maximum atomic E-state index is 11.8. The molecule has 0 aromatic rings. The van der Waals surface area contributed by atoms with Crippen LogP contribution in [0.3, 0.4) is 0 Å². The van der Waals surface area contributed by atoms with Crippen molar-refractivity contribution in [1.29, 1.82) is 0 Å². The second kappa shape index (κ2) is 27.3. The lowest BCUT2D eigenvalue weighted by Crippen LogP contribution is -2.30. The fourth-order valence-corrected chi connectivity index (χ4v) is 5.34. The second-order valence-electron chi connectivity index (χ2n) is 11.7. The molecule has 1 atom stereocenters. The van der Waals surface area contributed by atoms with E-state index < -0.39 is 0 Å². The van der Waals surface area contributed by atoms with Crippen molar-refractivity contribution in [2.45, 2.75) is 187 Å². The fourth-order valence-electron chi connectivity index (χ4n) is 5.34. The third-order valence-electron chi connectivity index (χ3n) is 8.00. The minimum atomic E-state index is -0.185. The Morgan fingerprint density at radius 3 is 1.32 bits per heavy atom. The Hall–Kier alpha value is -1.27. The molecule has 0 amide bonds. The SMILES string of the molecule is CCCCCCCCCCCCCCC=CC1C(=O)OC1=C=CCCCCCCCCCCCCCCC. The molecule has 0 aromatic heterocycles. The van der Waals surface area contributed by atoms with Gasteiger partial charge in [-0.05, 0) is 31.8 Å². The minimum Gasteiger partial charge on any atom is -0.420 e. The van der Waals surface area contributed by atoms with Crippen molar-refractivity contribution in [3.8, 4) is 0 Å². The molecule has 1 aliphatic heterocycles. The topological polar surface area (TPSA) is 26.3 Å². The van der Waals surface area contributed by atoms with Gasteiger partial charge in [0.1, 0.15) is 5.92 Å². The zero-order valence-electron chi connectivity index (χ0n) is 25.7. The van der Waals surface area contributed by atoms with Crippen LogP contribution in [-0.2, 0) is 9.53 Å². The first-order valence-electron chi connectivity index (χ1n) is 17.1. The van der Waals surface area contributed by atoms with E-state index >= 15 is 0 Å². The van der Waals surface area contributed by atoms with E-state index in [0.29, 0.717) is 0 Å². The highest BCUT2D eigenvalue weighted by atomic mass is 16.6. The lowest BCUT2D eigenvalue weighted by molar-refractivity contribution is -0.153. The molecule has 38 heavy (non-hydrogen) atoms. The van der Waals surface area contributed by atoms with Crippen molar-refractivity contribution in [2.24, 2.45) is 5.92 Å². The van der Waals surface area contributed by atoms with E-state index in [9.17, 15) is 4.79 Å². The number of rotatable bonds is 28. The standard InChI is InChI=1S/C36H64O2/c1-3-5-7-9-11-13-15-17-19-21-23-25-27-29-31-33-35-34(36(37)38-35)32-30-28-26-24-22-20-18-16-14-12-10-8-6-4-2/h30-32,34H,3-29H2,1-2H3. The van der Waals surface area contributed by atoms with Gasteiger partial charge in [-0.25, -0.2) is 0 Å². The Kier molecular flexibility index (Phi) is 25.0. The van der Waals surface area contributed by atoms with Crippen molar-refractivity contribution in [3.63, 3.8) is 0 Å². The third kappa shape index (κ3) is 20.7. The number of hydrogen-bond acceptors (Lipinski definition) is 2. The highest BCUT2D eigenvalue weighted by Gasteiger charge is 2.35. The molecule has 0 saturated carbocycles. The molecule has 0 bridgehead atoms. The normalized spacial score (nSPS) is 15.1. The van der Waals surface area contributed by atoms with E-state index in [1.165, 1.54) is 161 Å². The largest absolute Gasteiger partial charge is 0.420 e. The van der Waals surface area contributed by atoms with Crippen LogP contribution in [0.5, 0.6) is 0 Å². The van der Waals surface area contributed by atoms with Crippen LogP contribution < -0.4 is 0 Å². The number of hydrogen-bond donors (Lipinski definition) is 0. The summed E-state index contributed by atoms with van der Waals surface area (Å²) in [5.41, 5.74) is 3.24. The summed E-state index contributed by atoms with van der Waals surface area (Å²) in [4.78, 5) is 11.8. The summed E-state index contributed by atoms with van der Waals surface area (Å²) in [6.07, 6.45) is 42.9. The van der Waals surface area contributed by atoms with Crippen molar-refractivity contribution < 1.29 is 9.53 Å². The predicted molar refractivity (Wildman–Crippen MR) is 166 cm³/mol. The molecule has 0 spiro atoms. The highest BCUT2D eigenvalue weighted by molar-refractivity contribution is 5.84. The quantitative estimate of drug-likeness (QED) is 0.0437. The van der Waals surface area contributed by atoms with Crippen LogP contribution in [0.4, 0.5) is 0 Å². The molecule has 0 aromatic carbocycles. The molecule has 1 rings (SSSR count). The molecule has 1 saturated heterocycles. The summed E-state index contributed by atoms with van der Waals surface area (Å²) in [6.45, 7) is 4.57. The third-order valence-corrected chi connectivity index (χ3v) is 8.00. The van der Waals surface area contributed by atoms with Gasteiger partial charge in [-0.3, -0.25) is 4.79 Å². The van der Waals surface area contributed by atoms with E-state index in [0.717, 1.165) is 18.6 Å². The molecule has 1 heterocycles. The number of cyclic esters (lactones) is 1. The Morgan fingerprint density at radius 2 is 0.921 bits per heavy atom. The first-order valence-corrected chi connectivity index (χ1v) is 17.1. The van der Waals surface area contributed by atoms with Crippen LogP contribution in [0.15, 0.2) is 29.7 Å². The maximum absolute atomic E-state index is 11.8.